The lowest BCUT2D eigenvalue weighted by atomic mass is 10.1. The molecular weight excluding hydrogens is 352 g/mol. The lowest BCUT2D eigenvalue weighted by molar-refractivity contribution is -0.115. The van der Waals surface area contributed by atoms with Gasteiger partial charge in [0.15, 0.2) is 11.6 Å². The van der Waals surface area contributed by atoms with Gasteiger partial charge in [-0.05, 0) is 48.9 Å². The SMILES string of the molecule is C[C@H](NCC(=O)Nc1ccc(N2CCOCC2)cc1)c1ccc(F)c(F)c1. The van der Waals surface area contributed by atoms with E-state index in [1.807, 2.05) is 24.3 Å². The molecule has 2 aromatic carbocycles. The monoisotopic (exact) mass is 375 g/mol. The van der Waals surface area contributed by atoms with Crippen molar-refractivity contribution in [3.63, 3.8) is 0 Å². The summed E-state index contributed by atoms with van der Waals surface area (Å²) < 4.78 is 31.6. The van der Waals surface area contributed by atoms with Crippen molar-refractivity contribution in [3.05, 3.63) is 59.7 Å². The number of rotatable bonds is 6. The Morgan fingerprint density at radius 2 is 1.81 bits per heavy atom. The maximum Gasteiger partial charge on any atom is 0.238 e. The Kier molecular flexibility index (Phi) is 6.36. The highest BCUT2D eigenvalue weighted by Gasteiger charge is 2.12. The molecule has 27 heavy (non-hydrogen) atoms. The van der Waals surface area contributed by atoms with Gasteiger partial charge in [-0.1, -0.05) is 6.07 Å². The Bertz CT molecular complexity index is 777. The first-order valence-electron chi connectivity index (χ1n) is 8.94. The summed E-state index contributed by atoms with van der Waals surface area (Å²) in [5.41, 5.74) is 2.39. The molecule has 144 valence electrons. The van der Waals surface area contributed by atoms with Gasteiger partial charge in [0.25, 0.3) is 0 Å². The van der Waals surface area contributed by atoms with Crippen molar-refractivity contribution in [2.45, 2.75) is 13.0 Å². The fourth-order valence-electron chi connectivity index (χ4n) is 2.93. The van der Waals surface area contributed by atoms with Gasteiger partial charge in [-0.2, -0.15) is 0 Å². The van der Waals surface area contributed by atoms with E-state index in [0.29, 0.717) is 11.3 Å². The van der Waals surface area contributed by atoms with E-state index in [1.54, 1.807) is 6.92 Å². The van der Waals surface area contributed by atoms with Gasteiger partial charge in [-0.25, -0.2) is 8.78 Å². The van der Waals surface area contributed by atoms with Crippen molar-refractivity contribution in [1.29, 1.82) is 0 Å². The Labute approximate surface area is 157 Å². The summed E-state index contributed by atoms with van der Waals surface area (Å²) in [5, 5.41) is 5.83. The molecule has 1 aliphatic heterocycles. The highest BCUT2D eigenvalue weighted by Crippen LogP contribution is 2.19. The maximum atomic E-state index is 13.3. The third-order valence-electron chi connectivity index (χ3n) is 4.54. The van der Waals surface area contributed by atoms with E-state index in [9.17, 15) is 13.6 Å². The quantitative estimate of drug-likeness (QED) is 0.815. The highest BCUT2D eigenvalue weighted by molar-refractivity contribution is 5.92. The summed E-state index contributed by atoms with van der Waals surface area (Å²) in [7, 11) is 0. The van der Waals surface area contributed by atoms with Crippen molar-refractivity contribution in [2.24, 2.45) is 0 Å². The number of benzene rings is 2. The maximum absolute atomic E-state index is 13.3. The number of nitrogens with one attached hydrogen (secondary N) is 2. The van der Waals surface area contributed by atoms with Gasteiger partial charge in [-0.15, -0.1) is 0 Å². The van der Waals surface area contributed by atoms with Gasteiger partial charge in [0.05, 0.1) is 19.8 Å². The van der Waals surface area contributed by atoms with Gasteiger partial charge in [0.1, 0.15) is 0 Å². The molecule has 1 amide bonds. The summed E-state index contributed by atoms with van der Waals surface area (Å²) in [5.74, 6) is -1.99. The van der Waals surface area contributed by atoms with E-state index in [2.05, 4.69) is 15.5 Å². The first kappa shape index (κ1) is 19.3. The first-order valence-corrected chi connectivity index (χ1v) is 8.94. The van der Waals surface area contributed by atoms with Gasteiger partial charge >= 0.3 is 0 Å². The van der Waals surface area contributed by atoms with Crippen LogP contribution in [0.4, 0.5) is 20.2 Å². The van der Waals surface area contributed by atoms with Gasteiger partial charge in [-0.3, -0.25) is 4.79 Å². The molecule has 0 bridgehead atoms. The van der Waals surface area contributed by atoms with Crippen LogP contribution in [-0.2, 0) is 9.53 Å². The summed E-state index contributed by atoms with van der Waals surface area (Å²) >= 11 is 0. The zero-order chi connectivity index (χ0) is 19.2. The smallest absolute Gasteiger partial charge is 0.238 e. The van der Waals surface area contributed by atoms with Crippen molar-refractivity contribution < 1.29 is 18.3 Å². The predicted octanol–water partition coefficient (Wildman–Crippen LogP) is 3.09. The van der Waals surface area contributed by atoms with Crippen LogP contribution in [0.3, 0.4) is 0 Å². The molecule has 1 fully saturated rings. The van der Waals surface area contributed by atoms with Crippen LogP contribution in [-0.4, -0.2) is 38.8 Å². The molecule has 0 unspecified atom stereocenters. The van der Waals surface area contributed by atoms with Crippen molar-refractivity contribution in [3.8, 4) is 0 Å². The Balaban J connectivity index is 1.49. The number of morpholine rings is 1. The Morgan fingerprint density at radius 1 is 1.11 bits per heavy atom. The standard InChI is InChI=1S/C20H23F2N3O2/c1-14(15-2-7-18(21)19(22)12-15)23-13-20(26)24-16-3-5-17(6-4-16)25-8-10-27-11-9-25/h2-7,12,14,23H,8-11,13H2,1H3,(H,24,26)/t14-/m0/s1. The molecule has 3 rings (SSSR count). The van der Waals surface area contributed by atoms with E-state index in [1.165, 1.54) is 6.07 Å². The van der Waals surface area contributed by atoms with Crippen LogP contribution in [0, 0.1) is 11.6 Å². The molecule has 0 aromatic heterocycles. The zero-order valence-electron chi connectivity index (χ0n) is 15.2. The second kappa shape index (κ2) is 8.92. The molecule has 0 spiro atoms. The Hall–Kier alpha value is -2.51. The number of carbonyl (C=O) groups excluding carboxylic acids is 1. The number of nitrogens with zero attached hydrogens (tertiary/aromatic N) is 1. The molecule has 2 aromatic rings. The lowest BCUT2D eigenvalue weighted by Gasteiger charge is -2.28. The zero-order valence-corrected chi connectivity index (χ0v) is 15.2. The minimum absolute atomic E-state index is 0.0609. The molecule has 0 radical (unpaired) electrons. The van der Waals surface area contributed by atoms with E-state index in [4.69, 9.17) is 4.74 Å². The van der Waals surface area contributed by atoms with Crippen LogP contribution in [0.15, 0.2) is 42.5 Å². The molecule has 0 aliphatic carbocycles. The predicted molar refractivity (Wildman–Crippen MR) is 101 cm³/mol. The third-order valence-corrected chi connectivity index (χ3v) is 4.54. The van der Waals surface area contributed by atoms with E-state index < -0.39 is 11.6 Å². The van der Waals surface area contributed by atoms with Crippen molar-refractivity contribution >= 4 is 17.3 Å². The lowest BCUT2D eigenvalue weighted by Crippen LogP contribution is -2.36. The van der Waals surface area contributed by atoms with Gasteiger partial charge in [0, 0.05) is 30.5 Å². The average molecular weight is 375 g/mol. The fraction of sp³-hybridized carbons (Fsp3) is 0.350. The molecule has 1 saturated heterocycles. The van der Waals surface area contributed by atoms with Crippen LogP contribution in [0.25, 0.3) is 0 Å². The third kappa shape index (κ3) is 5.24. The van der Waals surface area contributed by atoms with Crippen molar-refractivity contribution in [2.75, 3.05) is 43.1 Å². The number of hydrogen-bond acceptors (Lipinski definition) is 4. The summed E-state index contributed by atoms with van der Waals surface area (Å²) in [6.07, 6.45) is 0. The average Bonchev–Trinajstić information content (AvgIpc) is 2.69. The van der Waals surface area contributed by atoms with E-state index in [0.717, 1.165) is 44.1 Å². The molecular formula is C20H23F2N3O2. The fourth-order valence-corrected chi connectivity index (χ4v) is 2.93. The van der Waals surface area contributed by atoms with Crippen molar-refractivity contribution in [1.82, 2.24) is 5.32 Å². The van der Waals surface area contributed by atoms with Crippen LogP contribution in [0.1, 0.15) is 18.5 Å². The van der Waals surface area contributed by atoms with Crippen LogP contribution >= 0.6 is 0 Å². The summed E-state index contributed by atoms with van der Waals surface area (Å²) in [6.45, 7) is 5.01. The number of carbonyl (C=O) groups is 1. The highest BCUT2D eigenvalue weighted by atomic mass is 19.2. The number of hydrogen-bond donors (Lipinski definition) is 2. The van der Waals surface area contributed by atoms with Crippen LogP contribution < -0.4 is 15.5 Å². The summed E-state index contributed by atoms with van der Waals surface area (Å²) in [4.78, 5) is 14.4. The number of ether oxygens (including phenoxy) is 1. The number of halogens is 2. The molecule has 0 saturated carbocycles. The number of anilines is 2. The molecule has 7 heteroatoms. The number of amides is 1. The van der Waals surface area contributed by atoms with E-state index >= 15 is 0 Å². The molecule has 1 aliphatic rings. The van der Waals surface area contributed by atoms with E-state index in [-0.39, 0.29) is 18.5 Å². The first-order chi connectivity index (χ1) is 13.0. The molecule has 1 heterocycles. The summed E-state index contributed by atoms with van der Waals surface area (Å²) in [6, 6.07) is 11.1. The van der Waals surface area contributed by atoms with Gasteiger partial charge < -0.3 is 20.3 Å². The van der Waals surface area contributed by atoms with Gasteiger partial charge in [0.2, 0.25) is 5.91 Å². The Morgan fingerprint density at radius 3 is 2.48 bits per heavy atom. The molecule has 5 nitrogen and oxygen atoms in total. The topological polar surface area (TPSA) is 53.6 Å². The van der Waals surface area contributed by atoms with Crippen LogP contribution in [0.5, 0.6) is 0 Å². The minimum atomic E-state index is -0.897. The second-order valence-electron chi connectivity index (χ2n) is 6.47. The minimum Gasteiger partial charge on any atom is -0.378 e. The molecule has 2 N–H and O–H groups in total. The van der Waals surface area contributed by atoms with Crippen LogP contribution in [0.2, 0.25) is 0 Å². The molecule has 1 atom stereocenters. The largest absolute Gasteiger partial charge is 0.378 e. The second-order valence-corrected chi connectivity index (χ2v) is 6.47. The normalized spacial score (nSPS) is 15.4.